The molecule has 3 rings (SSSR count). The van der Waals surface area contributed by atoms with Crippen LogP contribution in [-0.2, 0) is 6.42 Å². The molecule has 4 nitrogen and oxygen atoms in total. The third-order valence-electron chi connectivity index (χ3n) is 3.39. The number of hydrogen-bond donors (Lipinski definition) is 2. The summed E-state index contributed by atoms with van der Waals surface area (Å²) in [5.74, 6) is 0. The molecule has 0 saturated carbocycles. The molecule has 4 heteroatoms. The first kappa shape index (κ1) is 9.66. The highest BCUT2D eigenvalue weighted by Gasteiger charge is 2.22. The highest BCUT2D eigenvalue weighted by atomic mass is 15.1. The Kier molecular flexibility index (Phi) is 2.11. The molecule has 0 aromatic carbocycles. The van der Waals surface area contributed by atoms with Crippen molar-refractivity contribution in [3.63, 3.8) is 0 Å². The number of H-pyrrole nitrogens is 1. The zero-order valence-corrected chi connectivity index (χ0v) is 9.40. The second-order valence-electron chi connectivity index (χ2n) is 4.48. The van der Waals surface area contributed by atoms with Crippen LogP contribution in [0.1, 0.15) is 35.8 Å². The molecule has 2 heterocycles. The minimum absolute atomic E-state index is 0.204. The smallest absolute Gasteiger partial charge is 0.0835 e. The predicted octanol–water partition coefficient (Wildman–Crippen LogP) is 1.84. The van der Waals surface area contributed by atoms with Gasteiger partial charge in [0, 0.05) is 23.6 Å². The molecule has 1 atom stereocenters. The summed E-state index contributed by atoms with van der Waals surface area (Å²) in [6.45, 7) is 2.12. The average Bonchev–Trinajstić information content (AvgIpc) is 2.85. The van der Waals surface area contributed by atoms with E-state index in [4.69, 9.17) is 5.73 Å². The summed E-state index contributed by atoms with van der Waals surface area (Å²) in [4.78, 5) is 0. The molecule has 1 aliphatic carbocycles. The van der Waals surface area contributed by atoms with Gasteiger partial charge in [-0.25, -0.2) is 0 Å². The Morgan fingerprint density at radius 3 is 3.19 bits per heavy atom. The van der Waals surface area contributed by atoms with E-state index in [1.165, 1.54) is 23.4 Å². The third-order valence-corrected chi connectivity index (χ3v) is 3.39. The lowest BCUT2D eigenvalue weighted by molar-refractivity contribution is 0.560. The van der Waals surface area contributed by atoms with Gasteiger partial charge in [-0.15, -0.1) is 0 Å². The van der Waals surface area contributed by atoms with Crippen LogP contribution in [0.4, 0.5) is 0 Å². The second-order valence-corrected chi connectivity index (χ2v) is 4.48. The van der Waals surface area contributed by atoms with Gasteiger partial charge in [-0.1, -0.05) is 0 Å². The van der Waals surface area contributed by atoms with Crippen molar-refractivity contribution in [2.75, 3.05) is 0 Å². The van der Waals surface area contributed by atoms with E-state index in [0.717, 1.165) is 18.5 Å². The van der Waals surface area contributed by atoms with Crippen molar-refractivity contribution in [3.05, 3.63) is 35.4 Å². The van der Waals surface area contributed by atoms with Crippen LogP contribution < -0.4 is 5.73 Å². The Balaban J connectivity index is 2.19. The largest absolute Gasteiger partial charge is 0.324 e. The van der Waals surface area contributed by atoms with Crippen LogP contribution in [0.2, 0.25) is 0 Å². The minimum Gasteiger partial charge on any atom is -0.324 e. The van der Waals surface area contributed by atoms with E-state index >= 15 is 0 Å². The van der Waals surface area contributed by atoms with Crippen molar-refractivity contribution >= 4 is 0 Å². The summed E-state index contributed by atoms with van der Waals surface area (Å²) >= 11 is 0. The SMILES string of the molecule is Cc1cc2c(n1-c1cn[nH]c1)CCCC2N. The van der Waals surface area contributed by atoms with Gasteiger partial charge in [0.2, 0.25) is 0 Å². The maximum absolute atomic E-state index is 6.15. The maximum atomic E-state index is 6.15. The van der Waals surface area contributed by atoms with E-state index in [1.54, 1.807) is 0 Å². The Labute approximate surface area is 94.5 Å². The number of rotatable bonds is 1. The lowest BCUT2D eigenvalue weighted by Gasteiger charge is -2.20. The molecule has 0 bridgehead atoms. The van der Waals surface area contributed by atoms with Crippen molar-refractivity contribution in [1.82, 2.24) is 14.8 Å². The zero-order valence-electron chi connectivity index (χ0n) is 9.40. The first-order valence-corrected chi connectivity index (χ1v) is 5.73. The molecule has 2 aromatic rings. The van der Waals surface area contributed by atoms with E-state index in [-0.39, 0.29) is 6.04 Å². The Morgan fingerprint density at radius 1 is 1.56 bits per heavy atom. The normalized spacial score (nSPS) is 19.8. The first-order valence-electron chi connectivity index (χ1n) is 5.73. The Hall–Kier alpha value is -1.55. The molecule has 16 heavy (non-hydrogen) atoms. The molecule has 0 amide bonds. The lowest BCUT2D eigenvalue weighted by Crippen LogP contribution is -2.17. The maximum Gasteiger partial charge on any atom is 0.0835 e. The number of nitrogens with zero attached hydrogens (tertiary/aromatic N) is 2. The highest BCUT2D eigenvalue weighted by Crippen LogP contribution is 2.32. The van der Waals surface area contributed by atoms with Gasteiger partial charge in [0.15, 0.2) is 0 Å². The van der Waals surface area contributed by atoms with E-state index in [0.29, 0.717) is 0 Å². The molecule has 0 aliphatic heterocycles. The molecule has 2 aromatic heterocycles. The topological polar surface area (TPSA) is 59.6 Å². The summed E-state index contributed by atoms with van der Waals surface area (Å²) in [6.07, 6.45) is 7.17. The van der Waals surface area contributed by atoms with E-state index in [1.807, 2.05) is 12.4 Å². The summed E-state index contributed by atoms with van der Waals surface area (Å²) < 4.78 is 2.26. The molecule has 3 N–H and O–H groups in total. The lowest BCUT2D eigenvalue weighted by atomic mass is 9.93. The van der Waals surface area contributed by atoms with Gasteiger partial charge in [-0.05, 0) is 37.8 Å². The minimum atomic E-state index is 0.204. The van der Waals surface area contributed by atoms with Crippen LogP contribution in [0.5, 0.6) is 0 Å². The van der Waals surface area contributed by atoms with Crippen molar-refractivity contribution < 1.29 is 0 Å². The summed E-state index contributed by atoms with van der Waals surface area (Å²) in [7, 11) is 0. The number of aromatic amines is 1. The quantitative estimate of drug-likeness (QED) is 0.764. The van der Waals surface area contributed by atoms with Crippen molar-refractivity contribution in [2.45, 2.75) is 32.2 Å². The average molecular weight is 216 g/mol. The van der Waals surface area contributed by atoms with Crippen LogP contribution in [0.25, 0.3) is 5.69 Å². The predicted molar refractivity (Wildman–Crippen MR) is 62.5 cm³/mol. The monoisotopic (exact) mass is 216 g/mol. The standard InChI is InChI=1S/C12H16N4/c1-8-5-10-11(13)3-2-4-12(10)16(8)9-6-14-15-7-9/h5-7,11H,2-4,13H2,1H3,(H,14,15). The third kappa shape index (κ3) is 1.30. The van der Waals surface area contributed by atoms with E-state index in [9.17, 15) is 0 Å². The number of nitrogens with one attached hydrogen (secondary N) is 1. The fraction of sp³-hybridized carbons (Fsp3) is 0.417. The molecule has 0 radical (unpaired) electrons. The van der Waals surface area contributed by atoms with Crippen molar-refractivity contribution in [1.29, 1.82) is 0 Å². The number of aryl methyl sites for hydroxylation is 1. The highest BCUT2D eigenvalue weighted by molar-refractivity contribution is 5.41. The van der Waals surface area contributed by atoms with Gasteiger partial charge in [0.1, 0.15) is 0 Å². The molecule has 0 spiro atoms. The van der Waals surface area contributed by atoms with Gasteiger partial charge in [0.05, 0.1) is 11.9 Å². The van der Waals surface area contributed by atoms with E-state index < -0.39 is 0 Å². The second kappa shape index (κ2) is 3.49. The number of fused-ring (bicyclic) bond motifs is 1. The number of hydrogen-bond acceptors (Lipinski definition) is 2. The fourth-order valence-corrected chi connectivity index (χ4v) is 2.66. The van der Waals surface area contributed by atoms with E-state index in [2.05, 4.69) is 27.8 Å². The Morgan fingerprint density at radius 2 is 2.44 bits per heavy atom. The van der Waals surface area contributed by atoms with Gasteiger partial charge >= 0.3 is 0 Å². The molecule has 0 fully saturated rings. The molecule has 84 valence electrons. The van der Waals surface area contributed by atoms with Crippen LogP contribution >= 0.6 is 0 Å². The van der Waals surface area contributed by atoms with Crippen LogP contribution in [-0.4, -0.2) is 14.8 Å². The molecule has 0 saturated heterocycles. The summed E-state index contributed by atoms with van der Waals surface area (Å²) in [5, 5.41) is 6.87. The molecule has 1 aliphatic rings. The molecular formula is C12H16N4. The van der Waals surface area contributed by atoms with Crippen LogP contribution in [0.15, 0.2) is 18.5 Å². The first-order chi connectivity index (χ1) is 7.77. The van der Waals surface area contributed by atoms with Crippen LogP contribution in [0, 0.1) is 6.92 Å². The Bertz CT molecular complexity index is 495. The van der Waals surface area contributed by atoms with Crippen molar-refractivity contribution in [3.8, 4) is 5.69 Å². The van der Waals surface area contributed by atoms with Crippen LogP contribution in [0.3, 0.4) is 0 Å². The van der Waals surface area contributed by atoms with Gasteiger partial charge in [0.25, 0.3) is 0 Å². The molecule has 1 unspecified atom stereocenters. The number of nitrogens with two attached hydrogens (primary N) is 1. The number of aromatic nitrogens is 3. The molecular weight excluding hydrogens is 200 g/mol. The van der Waals surface area contributed by atoms with Gasteiger partial charge in [-0.2, -0.15) is 5.10 Å². The fourth-order valence-electron chi connectivity index (χ4n) is 2.66. The van der Waals surface area contributed by atoms with Gasteiger partial charge in [-0.3, -0.25) is 5.10 Å². The zero-order chi connectivity index (χ0) is 11.1. The van der Waals surface area contributed by atoms with Crippen molar-refractivity contribution in [2.24, 2.45) is 5.73 Å². The summed E-state index contributed by atoms with van der Waals surface area (Å²) in [5.41, 5.74) is 11.2. The summed E-state index contributed by atoms with van der Waals surface area (Å²) in [6, 6.07) is 2.42. The van der Waals surface area contributed by atoms with Gasteiger partial charge < -0.3 is 10.3 Å².